The molecule has 0 aromatic heterocycles. The number of carbonyl (C=O) groups is 1. The molecule has 2 N–H and O–H groups in total. The van der Waals surface area contributed by atoms with Crippen molar-refractivity contribution in [3.63, 3.8) is 0 Å². The summed E-state index contributed by atoms with van der Waals surface area (Å²) >= 11 is 0. The van der Waals surface area contributed by atoms with Crippen molar-refractivity contribution in [2.24, 2.45) is 11.3 Å². The molecular formula is C24H30N2O3. The third-order valence-electron chi connectivity index (χ3n) is 6.37. The highest BCUT2D eigenvalue weighted by atomic mass is 16.5. The lowest BCUT2D eigenvalue weighted by Crippen LogP contribution is -2.44. The lowest BCUT2D eigenvalue weighted by molar-refractivity contribution is -0.128. The Kier molecular flexibility index (Phi) is 6.16. The van der Waals surface area contributed by atoms with Gasteiger partial charge in [0.2, 0.25) is 5.91 Å². The fourth-order valence-corrected chi connectivity index (χ4v) is 4.69. The first kappa shape index (κ1) is 19.9. The van der Waals surface area contributed by atoms with Crippen molar-refractivity contribution in [1.82, 2.24) is 5.32 Å². The van der Waals surface area contributed by atoms with Crippen LogP contribution in [-0.2, 0) is 22.7 Å². The lowest BCUT2D eigenvalue weighted by atomic mass is 9.67. The van der Waals surface area contributed by atoms with E-state index in [1.165, 1.54) is 6.42 Å². The molecule has 1 aliphatic heterocycles. The van der Waals surface area contributed by atoms with Gasteiger partial charge >= 0.3 is 0 Å². The molecule has 1 amide bonds. The van der Waals surface area contributed by atoms with Gasteiger partial charge in [-0.15, -0.1) is 0 Å². The van der Waals surface area contributed by atoms with E-state index in [-0.39, 0.29) is 11.3 Å². The molecule has 1 heterocycles. The van der Waals surface area contributed by atoms with Crippen molar-refractivity contribution >= 4 is 11.6 Å². The number of ether oxygens (including phenoxy) is 2. The van der Waals surface area contributed by atoms with Crippen LogP contribution in [0, 0.1) is 11.3 Å². The smallest absolute Gasteiger partial charge is 0.232 e. The molecule has 0 radical (unpaired) electrons. The van der Waals surface area contributed by atoms with Crippen molar-refractivity contribution in [3.05, 3.63) is 59.7 Å². The van der Waals surface area contributed by atoms with E-state index in [0.29, 0.717) is 19.1 Å². The molecule has 0 bridgehead atoms. The molecule has 1 saturated carbocycles. The second kappa shape index (κ2) is 8.97. The third kappa shape index (κ3) is 4.46. The summed E-state index contributed by atoms with van der Waals surface area (Å²) in [4.78, 5) is 13.1. The SMILES string of the molecule is COc1ccc(COCc2cccc(NC(=O)[C@@]34CCCC[C@H]3CNC4)c2)cc1. The molecule has 1 saturated heterocycles. The fraction of sp³-hybridized carbons (Fsp3) is 0.458. The van der Waals surface area contributed by atoms with Crippen molar-refractivity contribution in [2.75, 3.05) is 25.5 Å². The Morgan fingerprint density at radius 2 is 1.97 bits per heavy atom. The normalized spacial score (nSPS) is 23.4. The zero-order chi connectivity index (χ0) is 20.1. The summed E-state index contributed by atoms with van der Waals surface area (Å²) in [6.07, 6.45) is 4.52. The van der Waals surface area contributed by atoms with Crippen LogP contribution >= 0.6 is 0 Å². The van der Waals surface area contributed by atoms with Gasteiger partial charge in [-0.1, -0.05) is 37.1 Å². The van der Waals surface area contributed by atoms with E-state index >= 15 is 0 Å². The number of hydrogen-bond donors (Lipinski definition) is 2. The van der Waals surface area contributed by atoms with Crippen LogP contribution < -0.4 is 15.4 Å². The monoisotopic (exact) mass is 394 g/mol. The zero-order valence-electron chi connectivity index (χ0n) is 17.1. The lowest BCUT2D eigenvalue weighted by Gasteiger charge is -2.37. The predicted molar refractivity (Wildman–Crippen MR) is 114 cm³/mol. The molecule has 154 valence electrons. The van der Waals surface area contributed by atoms with Gasteiger partial charge in [0.1, 0.15) is 5.75 Å². The Labute approximate surface area is 172 Å². The van der Waals surface area contributed by atoms with E-state index in [9.17, 15) is 4.79 Å². The number of anilines is 1. The highest BCUT2D eigenvalue weighted by Gasteiger charge is 2.49. The molecule has 0 spiro atoms. The summed E-state index contributed by atoms with van der Waals surface area (Å²) in [5, 5.41) is 6.63. The van der Waals surface area contributed by atoms with E-state index < -0.39 is 0 Å². The average Bonchev–Trinajstić information content (AvgIpc) is 3.20. The van der Waals surface area contributed by atoms with Crippen LogP contribution in [0.5, 0.6) is 5.75 Å². The number of carbonyl (C=O) groups excluding carboxylic acids is 1. The number of amides is 1. The van der Waals surface area contributed by atoms with Gasteiger partial charge in [-0.05, 0) is 60.7 Å². The molecular weight excluding hydrogens is 364 g/mol. The van der Waals surface area contributed by atoms with Crippen molar-refractivity contribution < 1.29 is 14.3 Å². The van der Waals surface area contributed by atoms with Crippen LogP contribution in [-0.4, -0.2) is 26.1 Å². The van der Waals surface area contributed by atoms with E-state index in [0.717, 1.165) is 54.9 Å². The van der Waals surface area contributed by atoms with Crippen LogP contribution in [0.4, 0.5) is 5.69 Å². The standard InChI is InChI=1S/C24H30N2O3/c1-28-22-10-8-18(9-11-22)15-29-16-19-5-4-7-21(13-19)26-23(27)24-12-3-2-6-20(24)14-25-17-24/h4-5,7-11,13,20,25H,2-3,6,12,14-17H2,1H3,(H,26,27)/t20-,24+/m0/s1. The topological polar surface area (TPSA) is 59.6 Å². The van der Waals surface area contributed by atoms with Gasteiger partial charge in [0, 0.05) is 12.2 Å². The summed E-state index contributed by atoms with van der Waals surface area (Å²) in [7, 11) is 1.66. The molecule has 0 unspecified atom stereocenters. The minimum absolute atomic E-state index is 0.170. The average molecular weight is 395 g/mol. The molecule has 5 heteroatoms. The Morgan fingerprint density at radius 1 is 1.14 bits per heavy atom. The number of benzene rings is 2. The predicted octanol–water partition coefficient (Wildman–Crippen LogP) is 4.13. The van der Waals surface area contributed by atoms with Crippen molar-refractivity contribution in [2.45, 2.75) is 38.9 Å². The molecule has 2 aromatic carbocycles. The van der Waals surface area contributed by atoms with Gasteiger partial charge in [-0.3, -0.25) is 4.79 Å². The molecule has 4 rings (SSSR count). The molecule has 2 aliphatic rings. The van der Waals surface area contributed by atoms with Gasteiger partial charge < -0.3 is 20.1 Å². The minimum Gasteiger partial charge on any atom is -0.497 e. The van der Waals surface area contributed by atoms with Gasteiger partial charge in [0.05, 0.1) is 25.7 Å². The summed E-state index contributed by atoms with van der Waals surface area (Å²) in [5.41, 5.74) is 2.77. The van der Waals surface area contributed by atoms with Gasteiger partial charge in [-0.25, -0.2) is 0 Å². The van der Waals surface area contributed by atoms with Crippen LogP contribution in [0.2, 0.25) is 0 Å². The maximum atomic E-state index is 13.1. The maximum absolute atomic E-state index is 13.1. The highest BCUT2D eigenvalue weighted by molar-refractivity contribution is 5.96. The highest BCUT2D eigenvalue weighted by Crippen LogP contribution is 2.44. The summed E-state index contributed by atoms with van der Waals surface area (Å²) in [5.74, 6) is 1.48. The Bertz CT molecular complexity index is 836. The van der Waals surface area contributed by atoms with Crippen LogP contribution in [0.25, 0.3) is 0 Å². The summed E-state index contributed by atoms with van der Waals surface area (Å²) in [6, 6.07) is 15.9. The van der Waals surface area contributed by atoms with Gasteiger partial charge in [0.25, 0.3) is 0 Å². The second-order valence-corrected chi connectivity index (χ2v) is 8.23. The first-order valence-corrected chi connectivity index (χ1v) is 10.5. The fourth-order valence-electron chi connectivity index (χ4n) is 4.69. The van der Waals surface area contributed by atoms with Crippen molar-refractivity contribution in [1.29, 1.82) is 0 Å². The molecule has 2 aromatic rings. The largest absolute Gasteiger partial charge is 0.497 e. The summed E-state index contributed by atoms with van der Waals surface area (Å²) < 4.78 is 11.0. The quantitative estimate of drug-likeness (QED) is 0.741. The Morgan fingerprint density at radius 3 is 2.79 bits per heavy atom. The Balaban J connectivity index is 1.34. The molecule has 29 heavy (non-hydrogen) atoms. The molecule has 2 fully saturated rings. The minimum atomic E-state index is -0.237. The van der Waals surface area contributed by atoms with Crippen LogP contribution in [0.15, 0.2) is 48.5 Å². The van der Waals surface area contributed by atoms with Crippen LogP contribution in [0.3, 0.4) is 0 Å². The van der Waals surface area contributed by atoms with Gasteiger partial charge in [-0.2, -0.15) is 0 Å². The molecule has 2 atom stereocenters. The van der Waals surface area contributed by atoms with Crippen LogP contribution in [0.1, 0.15) is 36.8 Å². The van der Waals surface area contributed by atoms with Crippen molar-refractivity contribution in [3.8, 4) is 5.75 Å². The number of methoxy groups -OCH3 is 1. The first-order valence-electron chi connectivity index (χ1n) is 10.5. The summed E-state index contributed by atoms with van der Waals surface area (Å²) in [6.45, 7) is 2.81. The second-order valence-electron chi connectivity index (χ2n) is 8.23. The van der Waals surface area contributed by atoms with E-state index in [1.807, 2.05) is 48.5 Å². The first-order chi connectivity index (χ1) is 14.2. The number of rotatable bonds is 7. The number of fused-ring (bicyclic) bond motifs is 1. The number of nitrogens with one attached hydrogen (secondary N) is 2. The van der Waals surface area contributed by atoms with E-state index in [4.69, 9.17) is 9.47 Å². The van der Waals surface area contributed by atoms with E-state index in [2.05, 4.69) is 10.6 Å². The van der Waals surface area contributed by atoms with Gasteiger partial charge in [0.15, 0.2) is 0 Å². The van der Waals surface area contributed by atoms with E-state index in [1.54, 1.807) is 7.11 Å². The zero-order valence-corrected chi connectivity index (χ0v) is 17.1. The Hall–Kier alpha value is -2.37. The molecule has 1 aliphatic carbocycles. The maximum Gasteiger partial charge on any atom is 0.232 e. The molecule has 5 nitrogen and oxygen atoms in total. The number of hydrogen-bond acceptors (Lipinski definition) is 4. The third-order valence-corrected chi connectivity index (χ3v) is 6.37.